The number of carboxylic acids is 1. The van der Waals surface area contributed by atoms with E-state index in [4.69, 9.17) is 14.6 Å². The number of methoxy groups -OCH3 is 1. The topological polar surface area (TPSA) is 84.9 Å². The van der Waals surface area contributed by atoms with E-state index in [1.807, 2.05) is 0 Å². The Kier molecular flexibility index (Phi) is 5.88. The van der Waals surface area contributed by atoms with Gasteiger partial charge in [0.05, 0.1) is 26.2 Å². The Labute approximate surface area is 131 Å². The molecule has 0 aliphatic carbocycles. The van der Waals surface area contributed by atoms with Gasteiger partial charge in [0.2, 0.25) is 5.91 Å². The number of rotatable bonds is 8. The molecule has 1 aromatic heterocycles. The van der Waals surface area contributed by atoms with Gasteiger partial charge in [0.25, 0.3) is 0 Å². The maximum absolute atomic E-state index is 11.8. The summed E-state index contributed by atoms with van der Waals surface area (Å²) >= 11 is 1.21. The summed E-state index contributed by atoms with van der Waals surface area (Å²) in [5.74, 6) is -1.09. The maximum Gasteiger partial charge on any atom is 0.345 e. The molecular formula is C15H17NO5S. The van der Waals surface area contributed by atoms with Crippen molar-refractivity contribution in [1.29, 1.82) is 0 Å². The van der Waals surface area contributed by atoms with Crippen molar-refractivity contribution in [3.05, 3.63) is 29.1 Å². The first kappa shape index (κ1) is 16.4. The summed E-state index contributed by atoms with van der Waals surface area (Å²) in [6, 6.07) is 6.93. The lowest BCUT2D eigenvalue weighted by molar-refractivity contribution is -0.117. The highest BCUT2D eigenvalue weighted by Crippen LogP contribution is 2.28. The number of anilines is 1. The highest BCUT2D eigenvalue weighted by Gasteiger charge is 2.09. The zero-order chi connectivity index (χ0) is 15.9. The molecule has 0 atom stereocenters. The average Bonchev–Trinajstić information content (AvgIpc) is 2.90. The maximum atomic E-state index is 11.8. The number of thiophene rings is 1. The molecule has 2 N–H and O–H groups in total. The lowest BCUT2D eigenvalue weighted by Gasteiger charge is -2.06. The van der Waals surface area contributed by atoms with Crippen LogP contribution in [0.25, 0.3) is 10.1 Å². The predicted octanol–water partition coefficient (Wildman–Crippen LogP) is 2.59. The number of fused-ring (bicyclic) bond motifs is 1. The zero-order valence-corrected chi connectivity index (χ0v) is 12.9. The molecule has 2 rings (SSSR count). The van der Waals surface area contributed by atoms with E-state index < -0.39 is 5.97 Å². The van der Waals surface area contributed by atoms with E-state index in [1.165, 1.54) is 11.3 Å². The number of benzene rings is 1. The number of amides is 1. The molecule has 22 heavy (non-hydrogen) atoms. The Balaban J connectivity index is 1.90. The fourth-order valence-corrected chi connectivity index (χ4v) is 2.74. The molecule has 0 radical (unpaired) electrons. The zero-order valence-electron chi connectivity index (χ0n) is 12.1. The highest BCUT2D eigenvalue weighted by atomic mass is 32.1. The normalized spacial score (nSPS) is 10.8. The van der Waals surface area contributed by atoms with Crippen molar-refractivity contribution >= 4 is 39.0 Å². The van der Waals surface area contributed by atoms with E-state index in [1.54, 1.807) is 31.4 Å². The van der Waals surface area contributed by atoms with Crippen LogP contribution in [0.4, 0.5) is 5.69 Å². The van der Waals surface area contributed by atoms with Crippen LogP contribution in [0.15, 0.2) is 24.3 Å². The van der Waals surface area contributed by atoms with Crippen molar-refractivity contribution < 1.29 is 24.2 Å². The number of hydrogen-bond donors (Lipinski definition) is 2. The van der Waals surface area contributed by atoms with Gasteiger partial charge in [0.15, 0.2) is 0 Å². The molecule has 0 spiro atoms. The number of carbonyl (C=O) groups is 2. The summed E-state index contributed by atoms with van der Waals surface area (Å²) in [7, 11) is 1.59. The Hall–Kier alpha value is -1.96. The Morgan fingerprint density at radius 2 is 2.05 bits per heavy atom. The first-order chi connectivity index (χ1) is 10.6. The van der Waals surface area contributed by atoms with Gasteiger partial charge in [-0.2, -0.15) is 0 Å². The summed E-state index contributed by atoms with van der Waals surface area (Å²) in [4.78, 5) is 23.0. The minimum Gasteiger partial charge on any atom is -0.477 e. The quantitative estimate of drug-likeness (QED) is 0.729. The third-order valence-electron chi connectivity index (χ3n) is 2.92. The van der Waals surface area contributed by atoms with Gasteiger partial charge in [-0.05, 0) is 29.7 Å². The van der Waals surface area contributed by atoms with Crippen LogP contribution in [0.3, 0.4) is 0 Å². The minimum absolute atomic E-state index is 0.148. The second kappa shape index (κ2) is 7.88. The summed E-state index contributed by atoms with van der Waals surface area (Å²) in [5, 5.41) is 12.5. The second-order valence-electron chi connectivity index (χ2n) is 4.57. The number of nitrogens with one attached hydrogen (secondary N) is 1. The molecule has 0 fully saturated rings. The molecule has 0 unspecified atom stereocenters. The lowest BCUT2D eigenvalue weighted by atomic mass is 10.2. The molecule has 6 nitrogen and oxygen atoms in total. The molecule has 7 heteroatoms. The Bertz CT molecular complexity index is 667. The van der Waals surface area contributed by atoms with Gasteiger partial charge in [0, 0.05) is 17.5 Å². The molecule has 0 aliphatic heterocycles. The van der Waals surface area contributed by atoms with E-state index in [-0.39, 0.29) is 17.2 Å². The van der Waals surface area contributed by atoms with Gasteiger partial charge in [-0.25, -0.2) is 4.79 Å². The third-order valence-corrected chi connectivity index (χ3v) is 4.02. The van der Waals surface area contributed by atoms with Crippen molar-refractivity contribution in [1.82, 2.24) is 0 Å². The van der Waals surface area contributed by atoms with Gasteiger partial charge in [-0.3, -0.25) is 4.79 Å². The lowest BCUT2D eigenvalue weighted by Crippen LogP contribution is -2.15. The van der Waals surface area contributed by atoms with Crippen molar-refractivity contribution in [3.8, 4) is 0 Å². The van der Waals surface area contributed by atoms with Crippen LogP contribution in [0, 0.1) is 0 Å². The molecule has 1 amide bonds. The third kappa shape index (κ3) is 4.52. The van der Waals surface area contributed by atoms with Gasteiger partial charge in [0.1, 0.15) is 4.88 Å². The van der Waals surface area contributed by atoms with Crippen molar-refractivity contribution in [2.75, 3.05) is 32.2 Å². The minimum atomic E-state index is -0.944. The monoisotopic (exact) mass is 323 g/mol. The summed E-state index contributed by atoms with van der Waals surface area (Å²) in [6.45, 7) is 1.30. The number of carboxylic acid groups (broad SMARTS) is 1. The fraction of sp³-hybridized carbons (Fsp3) is 0.333. The van der Waals surface area contributed by atoms with Gasteiger partial charge in [-0.15, -0.1) is 11.3 Å². The van der Waals surface area contributed by atoms with Gasteiger partial charge >= 0.3 is 5.97 Å². The number of aromatic carboxylic acids is 1. The molecule has 0 bridgehead atoms. The van der Waals surface area contributed by atoms with Crippen LogP contribution in [-0.4, -0.2) is 43.9 Å². The van der Waals surface area contributed by atoms with E-state index >= 15 is 0 Å². The van der Waals surface area contributed by atoms with Crippen molar-refractivity contribution in [2.45, 2.75) is 6.42 Å². The van der Waals surface area contributed by atoms with E-state index in [0.29, 0.717) is 25.5 Å². The standard InChI is InChI=1S/C15H17NO5S/c1-20-6-7-21-5-4-14(17)16-11-2-3-12-10(8-11)9-13(22-12)15(18)19/h2-3,8-9H,4-7H2,1H3,(H,16,17)(H,18,19). The van der Waals surface area contributed by atoms with Crippen molar-refractivity contribution in [3.63, 3.8) is 0 Å². The van der Waals surface area contributed by atoms with Crippen LogP contribution in [-0.2, 0) is 14.3 Å². The number of hydrogen-bond acceptors (Lipinski definition) is 5. The average molecular weight is 323 g/mol. The Morgan fingerprint density at radius 3 is 2.77 bits per heavy atom. The predicted molar refractivity (Wildman–Crippen MR) is 84.7 cm³/mol. The van der Waals surface area contributed by atoms with Gasteiger partial charge in [-0.1, -0.05) is 0 Å². The fourth-order valence-electron chi connectivity index (χ4n) is 1.86. The SMILES string of the molecule is COCCOCCC(=O)Nc1ccc2sc(C(=O)O)cc2c1. The van der Waals surface area contributed by atoms with Gasteiger partial charge < -0.3 is 19.9 Å². The second-order valence-corrected chi connectivity index (χ2v) is 5.66. The number of carbonyl (C=O) groups excluding carboxylic acids is 1. The van der Waals surface area contributed by atoms with Crippen LogP contribution >= 0.6 is 11.3 Å². The molecule has 0 saturated heterocycles. The number of ether oxygens (including phenoxy) is 2. The molecule has 0 saturated carbocycles. The molecular weight excluding hydrogens is 306 g/mol. The van der Waals surface area contributed by atoms with E-state index in [9.17, 15) is 9.59 Å². The molecule has 118 valence electrons. The van der Waals surface area contributed by atoms with Crippen LogP contribution in [0.2, 0.25) is 0 Å². The first-order valence-corrected chi connectivity index (χ1v) is 7.55. The summed E-state index contributed by atoms with van der Waals surface area (Å²) < 4.78 is 10.9. The molecule has 1 aromatic carbocycles. The van der Waals surface area contributed by atoms with Crippen LogP contribution < -0.4 is 5.32 Å². The first-order valence-electron chi connectivity index (χ1n) is 6.73. The van der Waals surface area contributed by atoms with E-state index in [0.717, 1.165) is 10.1 Å². The molecule has 2 aromatic rings. The van der Waals surface area contributed by atoms with Crippen LogP contribution in [0.1, 0.15) is 16.1 Å². The smallest absolute Gasteiger partial charge is 0.345 e. The Morgan fingerprint density at radius 1 is 1.23 bits per heavy atom. The highest BCUT2D eigenvalue weighted by molar-refractivity contribution is 7.20. The molecule has 0 aliphatic rings. The van der Waals surface area contributed by atoms with Crippen molar-refractivity contribution in [2.24, 2.45) is 0 Å². The largest absolute Gasteiger partial charge is 0.477 e. The molecule has 1 heterocycles. The van der Waals surface area contributed by atoms with E-state index in [2.05, 4.69) is 5.32 Å². The summed E-state index contributed by atoms with van der Waals surface area (Å²) in [5.41, 5.74) is 0.643. The summed E-state index contributed by atoms with van der Waals surface area (Å²) in [6.07, 6.45) is 0.256. The van der Waals surface area contributed by atoms with Crippen LogP contribution in [0.5, 0.6) is 0 Å².